The molecular weight excluding hydrogens is 290 g/mol. The molecule has 0 unspecified atom stereocenters. The van der Waals surface area contributed by atoms with Gasteiger partial charge in [0.2, 0.25) is 0 Å². The van der Waals surface area contributed by atoms with Crippen molar-refractivity contribution < 1.29 is 9.21 Å². The topological polar surface area (TPSA) is 67.2 Å². The number of hydrogen-bond acceptors (Lipinski definition) is 4. The van der Waals surface area contributed by atoms with Crippen LogP contribution in [0.4, 0.5) is 0 Å². The minimum Gasteiger partial charge on any atom is -0.448 e. The Labute approximate surface area is 139 Å². The number of nitrogens with zero attached hydrogens (tertiary/aromatic N) is 1. The predicted molar refractivity (Wildman–Crippen MR) is 91.7 cm³/mol. The van der Waals surface area contributed by atoms with Crippen molar-refractivity contribution in [2.24, 2.45) is 0 Å². The summed E-state index contributed by atoms with van der Waals surface area (Å²) in [5.74, 6) is 0.952. The Morgan fingerprint density at radius 2 is 1.91 bits per heavy atom. The number of hydrogen-bond donors (Lipinski definition) is 2. The van der Waals surface area contributed by atoms with Gasteiger partial charge in [0.25, 0.3) is 5.91 Å². The largest absolute Gasteiger partial charge is 0.448 e. The minimum atomic E-state index is -0.111. The summed E-state index contributed by atoms with van der Waals surface area (Å²) in [7, 11) is 0. The Morgan fingerprint density at radius 1 is 1.22 bits per heavy atom. The lowest BCUT2D eigenvalue weighted by molar-refractivity contribution is 0.0948. The van der Waals surface area contributed by atoms with Crippen LogP contribution < -0.4 is 10.6 Å². The molecule has 130 valence electrons. The number of unbranched alkanes of at least 4 members (excludes halogenated alkanes) is 6. The van der Waals surface area contributed by atoms with Crippen molar-refractivity contribution in [3.63, 3.8) is 0 Å². The normalized spacial score (nSPS) is 15.7. The number of piperidine rings is 1. The second-order valence-corrected chi connectivity index (χ2v) is 6.47. The Hall–Kier alpha value is -1.36. The summed E-state index contributed by atoms with van der Waals surface area (Å²) in [6.07, 6.45) is 12.3. The monoisotopic (exact) mass is 321 g/mol. The number of aromatic nitrogens is 1. The first-order valence-corrected chi connectivity index (χ1v) is 9.25. The fourth-order valence-corrected chi connectivity index (χ4v) is 3.02. The van der Waals surface area contributed by atoms with Gasteiger partial charge in [0.1, 0.15) is 6.26 Å². The second-order valence-electron chi connectivity index (χ2n) is 6.47. The molecule has 5 heteroatoms. The molecule has 0 atom stereocenters. The van der Waals surface area contributed by atoms with Crippen LogP contribution in [0.1, 0.15) is 87.0 Å². The lowest BCUT2D eigenvalue weighted by Crippen LogP contribution is -2.27. The van der Waals surface area contributed by atoms with E-state index in [1.807, 2.05) is 0 Å². The van der Waals surface area contributed by atoms with Crippen LogP contribution in [0.25, 0.3) is 0 Å². The highest BCUT2D eigenvalue weighted by atomic mass is 16.3. The molecule has 0 bridgehead atoms. The van der Waals surface area contributed by atoms with Crippen LogP contribution in [-0.2, 0) is 0 Å². The van der Waals surface area contributed by atoms with Crippen molar-refractivity contribution in [1.82, 2.24) is 15.6 Å². The second kappa shape index (κ2) is 10.4. The van der Waals surface area contributed by atoms with E-state index in [9.17, 15) is 4.79 Å². The smallest absolute Gasteiger partial charge is 0.273 e. The Bertz CT molecular complexity index is 453. The average molecular weight is 321 g/mol. The van der Waals surface area contributed by atoms with Gasteiger partial charge in [0.15, 0.2) is 11.6 Å². The highest BCUT2D eigenvalue weighted by molar-refractivity contribution is 5.91. The third-order valence-corrected chi connectivity index (χ3v) is 4.51. The molecular formula is C18H31N3O2. The van der Waals surface area contributed by atoms with Gasteiger partial charge in [-0.15, -0.1) is 0 Å². The molecule has 0 saturated carbocycles. The Kier molecular flexibility index (Phi) is 8.15. The Morgan fingerprint density at radius 3 is 2.65 bits per heavy atom. The van der Waals surface area contributed by atoms with E-state index in [0.29, 0.717) is 17.5 Å². The molecule has 1 saturated heterocycles. The molecule has 2 heterocycles. The van der Waals surface area contributed by atoms with Crippen molar-refractivity contribution >= 4 is 5.91 Å². The third kappa shape index (κ3) is 6.34. The molecule has 0 spiro atoms. The summed E-state index contributed by atoms with van der Waals surface area (Å²) in [5, 5.41) is 6.26. The summed E-state index contributed by atoms with van der Waals surface area (Å²) in [6, 6.07) is 0. The maximum atomic E-state index is 12.1. The van der Waals surface area contributed by atoms with Gasteiger partial charge in [0.05, 0.1) is 0 Å². The van der Waals surface area contributed by atoms with E-state index in [1.54, 1.807) is 0 Å². The van der Waals surface area contributed by atoms with Gasteiger partial charge in [-0.05, 0) is 32.4 Å². The molecule has 1 fully saturated rings. The number of carbonyl (C=O) groups excluding carboxylic acids is 1. The number of amides is 1. The molecule has 0 aromatic carbocycles. The van der Waals surface area contributed by atoms with E-state index in [2.05, 4.69) is 22.5 Å². The van der Waals surface area contributed by atoms with Crippen LogP contribution in [-0.4, -0.2) is 30.5 Å². The van der Waals surface area contributed by atoms with Gasteiger partial charge < -0.3 is 15.1 Å². The van der Waals surface area contributed by atoms with Crippen molar-refractivity contribution in [2.45, 2.75) is 70.6 Å². The fourth-order valence-electron chi connectivity index (χ4n) is 3.02. The highest BCUT2D eigenvalue weighted by Crippen LogP contribution is 2.24. The maximum absolute atomic E-state index is 12.1. The zero-order chi connectivity index (χ0) is 16.3. The molecule has 23 heavy (non-hydrogen) atoms. The summed E-state index contributed by atoms with van der Waals surface area (Å²) in [4.78, 5) is 16.4. The van der Waals surface area contributed by atoms with Crippen molar-refractivity contribution in [1.29, 1.82) is 0 Å². The summed E-state index contributed by atoms with van der Waals surface area (Å²) < 4.78 is 5.51. The zero-order valence-corrected chi connectivity index (χ0v) is 14.4. The summed E-state index contributed by atoms with van der Waals surface area (Å²) in [5.41, 5.74) is 0.418. The van der Waals surface area contributed by atoms with Gasteiger partial charge in [-0.25, -0.2) is 4.98 Å². The van der Waals surface area contributed by atoms with Crippen molar-refractivity contribution in [3.05, 3.63) is 17.8 Å². The molecule has 0 radical (unpaired) electrons. The van der Waals surface area contributed by atoms with Crippen molar-refractivity contribution in [3.8, 4) is 0 Å². The molecule has 1 aromatic rings. The van der Waals surface area contributed by atoms with E-state index in [1.165, 1.54) is 44.8 Å². The quantitative estimate of drug-likeness (QED) is 0.646. The maximum Gasteiger partial charge on any atom is 0.273 e. The third-order valence-electron chi connectivity index (χ3n) is 4.51. The van der Waals surface area contributed by atoms with E-state index in [0.717, 1.165) is 38.9 Å². The molecule has 2 rings (SSSR count). The van der Waals surface area contributed by atoms with Crippen LogP contribution in [0.5, 0.6) is 0 Å². The van der Waals surface area contributed by atoms with Gasteiger partial charge >= 0.3 is 0 Å². The summed E-state index contributed by atoms with van der Waals surface area (Å²) in [6.45, 7) is 4.94. The molecule has 1 aromatic heterocycles. The van der Waals surface area contributed by atoms with Crippen molar-refractivity contribution in [2.75, 3.05) is 19.6 Å². The number of oxazole rings is 1. The van der Waals surface area contributed by atoms with Gasteiger partial charge in [-0.1, -0.05) is 45.4 Å². The predicted octanol–water partition coefficient (Wildman–Crippen LogP) is 3.62. The van der Waals surface area contributed by atoms with Crippen LogP contribution in [0.2, 0.25) is 0 Å². The number of nitrogens with one attached hydrogen (secondary N) is 2. The number of rotatable bonds is 10. The van der Waals surface area contributed by atoms with E-state index >= 15 is 0 Å². The van der Waals surface area contributed by atoms with E-state index in [-0.39, 0.29) is 5.91 Å². The molecule has 5 nitrogen and oxygen atoms in total. The molecule has 1 amide bonds. The van der Waals surface area contributed by atoms with Crippen LogP contribution in [0.15, 0.2) is 10.7 Å². The van der Waals surface area contributed by atoms with Gasteiger partial charge in [-0.2, -0.15) is 0 Å². The molecule has 0 aliphatic carbocycles. The molecule has 2 N–H and O–H groups in total. The van der Waals surface area contributed by atoms with E-state index in [4.69, 9.17) is 4.42 Å². The van der Waals surface area contributed by atoms with Crippen LogP contribution in [0.3, 0.4) is 0 Å². The van der Waals surface area contributed by atoms with E-state index < -0.39 is 0 Å². The Balaban J connectivity index is 1.61. The van der Waals surface area contributed by atoms with Gasteiger partial charge in [-0.3, -0.25) is 4.79 Å². The molecule has 1 aliphatic rings. The lowest BCUT2D eigenvalue weighted by atomic mass is 9.98. The average Bonchev–Trinajstić information content (AvgIpc) is 3.08. The summed E-state index contributed by atoms with van der Waals surface area (Å²) >= 11 is 0. The minimum absolute atomic E-state index is 0.111. The highest BCUT2D eigenvalue weighted by Gasteiger charge is 2.21. The zero-order valence-electron chi connectivity index (χ0n) is 14.4. The van der Waals surface area contributed by atoms with Crippen LogP contribution in [0, 0.1) is 0 Å². The SMILES string of the molecule is CCCCCCCCCNC(=O)c1coc(C2CCNCC2)n1. The molecule has 1 aliphatic heterocycles. The first-order valence-electron chi connectivity index (χ1n) is 9.25. The van der Waals surface area contributed by atoms with Crippen LogP contribution >= 0.6 is 0 Å². The first-order chi connectivity index (χ1) is 11.3. The standard InChI is InChI=1S/C18H31N3O2/c1-2-3-4-5-6-7-8-11-20-17(22)16-14-23-18(21-16)15-9-12-19-13-10-15/h14-15,19H,2-13H2,1H3,(H,20,22). The van der Waals surface area contributed by atoms with Gasteiger partial charge in [0, 0.05) is 12.5 Å². The number of carbonyl (C=O) groups is 1. The fraction of sp³-hybridized carbons (Fsp3) is 0.778. The lowest BCUT2D eigenvalue weighted by Gasteiger charge is -2.19. The first kappa shape index (κ1) is 18.0.